The van der Waals surface area contributed by atoms with Crippen LogP contribution in [0, 0.1) is 13.8 Å². The van der Waals surface area contributed by atoms with Gasteiger partial charge in [-0.05, 0) is 47.5 Å². The van der Waals surface area contributed by atoms with Gasteiger partial charge in [-0.3, -0.25) is 0 Å². The predicted octanol–water partition coefficient (Wildman–Crippen LogP) is 13.7. The van der Waals surface area contributed by atoms with Gasteiger partial charge in [-0.15, -0.1) is 67.3 Å². The van der Waals surface area contributed by atoms with Crippen molar-refractivity contribution < 1.29 is 73.5 Å². The van der Waals surface area contributed by atoms with E-state index >= 15 is 0 Å². The van der Waals surface area contributed by atoms with E-state index in [0.717, 1.165) is 21.5 Å². The van der Waals surface area contributed by atoms with E-state index in [-0.39, 0.29) is 34.4 Å². The van der Waals surface area contributed by atoms with Gasteiger partial charge >= 0.3 is 62.6 Å². The molecule has 0 aromatic heterocycles. The molecule has 0 spiro atoms. The fraction of sp³-hybridized carbons (Fsp3) is 0.211. The molecule has 54 heavy (non-hydrogen) atoms. The molecule has 0 aliphatic carbocycles. The van der Waals surface area contributed by atoms with Gasteiger partial charge in [0.15, 0.2) is 0 Å². The van der Waals surface area contributed by atoms with Gasteiger partial charge in [-0.2, -0.15) is 64.8 Å². The number of hydrogen-bond acceptors (Lipinski definition) is 0. The normalized spacial score (nSPS) is 12.9. The fourth-order valence-corrected chi connectivity index (χ4v) is 11.5. The Kier molecular flexibility index (Phi) is 11.5. The van der Waals surface area contributed by atoms with Gasteiger partial charge in [-0.25, -0.2) is 0 Å². The standard InChI is InChI=1S/C38H26F12Si.2ClH.Zr/c1-19-11-31-27(21-13-23(35(39,40)41)17-24(14-21)36(42,43)44)7-5-9-29(31)33(19)51(3,4)34-20(2)12-32-28(8-6-10-30(32)34)22-15-25(37(45,46)47)18-26(16-22)38(48,49)50;;;/h5-18H,1-4H3;2*1H;/q-2;;;+4/p-2. The topological polar surface area (TPSA) is 0 Å². The molecule has 0 radical (unpaired) electrons. The number of alkyl halides is 12. The Labute approximate surface area is 321 Å². The molecule has 0 nitrogen and oxygen atoms in total. The predicted molar refractivity (Wildman–Crippen MR) is 188 cm³/mol. The second-order valence-corrected chi connectivity index (χ2v) is 21.2. The molecule has 0 aliphatic rings. The van der Waals surface area contributed by atoms with E-state index in [1.165, 1.54) is 12.1 Å². The minimum absolute atomic E-state index is 0.0716. The first-order chi connectivity index (χ1) is 24.8. The number of rotatable bonds is 4. The van der Waals surface area contributed by atoms with E-state index in [2.05, 4.69) is 0 Å². The molecule has 0 fully saturated rings. The van der Waals surface area contributed by atoms with Crippen molar-refractivity contribution in [1.29, 1.82) is 0 Å². The zero-order chi connectivity index (χ0) is 40.3. The molecule has 0 saturated carbocycles. The molecular formula is C38H26Cl2F12SiZr. The second kappa shape index (κ2) is 14.8. The Morgan fingerprint density at radius 1 is 0.481 bits per heavy atom. The Morgan fingerprint density at radius 3 is 1.02 bits per heavy atom. The van der Waals surface area contributed by atoms with Crippen molar-refractivity contribution in [3.05, 3.63) is 118 Å². The number of fused-ring (bicyclic) bond motifs is 2. The summed E-state index contributed by atoms with van der Waals surface area (Å²) in [5, 5.41) is 3.78. The molecule has 0 amide bonds. The maximum absolute atomic E-state index is 13.7. The first-order valence-corrected chi connectivity index (χ1v) is 25.1. The van der Waals surface area contributed by atoms with E-state index in [1.807, 2.05) is 13.1 Å². The van der Waals surface area contributed by atoms with E-state index in [1.54, 1.807) is 50.2 Å². The number of halogens is 14. The van der Waals surface area contributed by atoms with Crippen LogP contribution in [-0.4, -0.2) is 8.07 Å². The van der Waals surface area contributed by atoms with Crippen molar-refractivity contribution in [3.63, 3.8) is 0 Å². The summed E-state index contributed by atoms with van der Waals surface area (Å²) in [7, 11) is 6.97. The molecule has 16 heteroatoms. The van der Waals surface area contributed by atoms with Gasteiger partial charge in [-0.1, -0.05) is 50.2 Å². The molecule has 0 aliphatic heterocycles. The molecule has 6 aromatic carbocycles. The van der Waals surface area contributed by atoms with Crippen molar-refractivity contribution in [3.8, 4) is 22.3 Å². The Balaban J connectivity index is 0.00000181. The van der Waals surface area contributed by atoms with Crippen molar-refractivity contribution in [1.82, 2.24) is 0 Å². The molecule has 6 aromatic rings. The first-order valence-electron chi connectivity index (χ1n) is 15.8. The molecule has 6 rings (SSSR count). The summed E-state index contributed by atoms with van der Waals surface area (Å²) in [6, 6.07) is 15.8. The molecule has 0 saturated heterocycles. The van der Waals surface area contributed by atoms with Gasteiger partial charge in [0.05, 0.1) is 22.3 Å². The molecule has 284 valence electrons. The van der Waals surface area contributed by atoms with Crippen LogP contribution < -0.4 is 10.4 Å². The molecule has 0 unspecified atom stereocenters. The van der Waals surface area contributed by atoms with Crippen LogP contribution >= 0.6 is 17.0 Å². The summed E-state index contributed by atoms with van der Waals surface area (Å²) < 4.78 is 165. The summed E-state index contributed by atoms with van der Waals surface area (Å²) in [5.74, 6) is 0. The Hall–Kier alpha value is -3.06. The van der Waals surface area contributed by atoms with Crippen LogP contribution in [0.5, 0.6) is 0 Å². The fourth-order valence-electron chi connectivity index (χ4n) is 7.39. The maximum atomic E-state index is 13.7. The third kappa shape index (κ3) is 8.22. The first kappa shape index (κ1) is 42.1. The summed E-state index contributed by atoms with van der Waals surface area (Å²) in [5.41, 5.74) is -4.51. The third-order valence-electron chi connectivity index (χ3n) is 9.31. The van der Waals surface area contributed by atoms with Crippen LogP contribution in [0.15, 0.2) is 84.9 Å². The number of benzene rings is 4. The molecule has 0 N–H and O–H groups in total. The van der Waals surface area contributed by atoms with Gasteiger partial charge < -0.3 is 0 Å². The van der Waals surface area contributed by atoms with E-state index in [0.29, 0.717) is 45.8 Å². The van der Waals surface area contributed by atoms with Crippen LogP contribution in [0.4, 0.5) is 52.7 Å². The monoisotopic (exact) mass is 898 g/mol. The van der Waals surface area contributed by atoms with Gasteiger partial charge in [0.2, 0.25) is 0 Å². The van der Waals surface area contributed by atoms with Crippen molar-refractivity contribution in [2.24, 2.45) is 0 Å². The summed E-state index contributed by atoms with van der Waals surface area (Å²) in [4.78, 5) is 0. The number of aryl methyl sites for hydroxylation is 2. The second-order valence-electron chi connectivity index (χ2n) is 13.2. The van der Waals surface area contributed by atoms with E-state index in [4.69, 9.17) is 17.0 Å². The molecular weight excluding hydrogens is 875 g/mol. The summed E-state index contributed by atoms with van der Waals surface area (Å²) in [6.45, 7) is 7.56. The quantitative estimate of drug-likeness (QED) is 0.0939. The zero-order valence-corrected chi connectivity index (χ0v) is 33.3. The average Bonchev–Trinajstić information content (AvgIpc) is 3.59. The van der Waals surface area contributed by atoms with Crippen molar-refractivity contribution >= 4 is 57.0 Å². The summed E-state index contributed by atoms with van der Waals surface area (Å²) >= 11 is -0.826. The molecule has 0 atom stereocenters. The van der Waals surface area contributed by atoms with Crippen LogP contribution in [0.2, 0.25) is 13.1 Å². The van der Waals surface area contributed by atoms with Crippen LogP contribution in [0.3, 0.4) is 0 Å². The third-order valence-corrected chi connectivity index (χ3v) is 13.1. The Bertz CT molecular complexity index is 2120. The van der Waals surface area contributed by atoms with Crippen LogP contribution in [0.1, 0.15) is 33.4 Å². The van der Waals surface area contributed by atoms with E-state index in [9.17, 15) is 52.7 Å². The minimum atomic E-state index is -5.04. The van der Waals surface area contributed by atoms with Gasteiger partial charge in [0.1, 0.15) is 0 Å². The Morgan fingerprint density at radius 2 is 0.759 bits per heavy atom. The summed E-state index contributed by atoms with van der Waals surface area (Å²) in [6.07, 6.45) is -20.2. The van der Waals surface area contributed by atoms with Gasteiger partial charge in [0.25, 0.3) is 0 Å². The van der Waals surface area contributed by atoms with Crippen LogP contribution in [0.25, 0.3) is 43.8 Å². The average molecular weight is 901 g/mol. The molecule has 0 bridgehead atoms. The van der Waals surface area contributed by atoms with Crippen molar-refractivity contribution in [2.45, 2.75) is 51.6 Å². The van der Waals surface area contributed by atoms with Gasteiger partial charge in [0, 0.05) is 8.07 Å². The zero-order valence-electron chi connectivity index (χ0n) is 28.4. The SMILES string of the molecule is Cc1cc2c(-c3cc(C(F)(F)F)cc(C(F)(F)F)c3)cccc2[c-]1[Si](C)(C)[c-]1c(C)cc2c(-c3cc(C(F)(F)F)cc(C(F)(F)F)c3)cccc21.[Cl][Zr+2][Cl]. The van der Waals surface area contributed by atoms with Crippen LogP contribution in [-0.2, 0) is 45.6 Å². The number of hydrogen-bond donors (Lipinski definition) is 0. The molecule has 0 heterocycles. The van der Waals surface area contributed by atoms with Crippen molar-refractivity contribution in [2.75, 3.05) is 0 Å². The van der Waals surface area contributed by atoms with E-state index < -0.39 is 75.9 Å².